The van der Waals surface area contributed by atoms with Crippen molar-refractivity contribution in [3.63, 3.8) is 0 Å². The second-order valence-corrected chi connectivity index (χ2v) is 8.32. The largest absolute Gasteiger partial charge is 0.445 e. The highest BCUT2D eigenvalue weighted by Gasteiger charge is 2.33. The summed E-state index contributed by atoms with van der Waals surface area (Å²) >= 11 is 0. The number of pyridine rings is 1. The van der Waals surface area contributed by atoms with Crippen molar-refractivity contribution in [3.8, 4) is 0 Å². The molecule has 1 atom stereocenters. The zero-order valence-corrected chi connectivity index (χ0v) is 17.2. The SMILES string of the molecule is Cn1nc(C2CCN(C(=O)OCc3ccccc3)C2)c2c3c(c(=O)[nH]c21)CCCC3. The Morgan fingerprint density at radius 3 is 2.77 bits per heavy atom. The number of aryl methyl sites for hydroxylation is 2. The van der Waals surface area contributed by atoms with Gasteiger partial charge in [0.1, 0.15) is 12.3 Å². The Hall–Kier alpha value is -3.09. The predicted molar refractivity (Wildman–Crippen MR) is 114 cm³/mol. The van der Waals surface area contributed by atoms with Gasteiger partial charge < -0.3 is 14.6 Å². The maximum atomic E-state index is 12.6. The molecule has 1 N–H and O–H groups in total. The van der Waals surface area contributed by atoms with Gasteiger partial charge >= 0.3 is 6.09 Å². The van der Waals surface area contributed by atoms with Crippen LogP contribution in [0.2, 0.25) is 0 Å². The number of rotatable bonds is 3. The van der Waals surface area contributed by atoms with Crippen LogP contribution in [0.4, 0.5) is 4.79 Å². The number of likely N-dealkylation sites (tertiary alicyclic amines) is 1. The van der Waals surface area contributed by atoms with Crippen LogP contribution >= 0.6 is 0 Å². The first-order valence-electron chi connectivity index (χ1n) is 10.7. The van der Waals surface area contributed by atoms with Crippen molar-refractivity contribution < 1.29 is 9.53 Å². The van der Waals surface area contributed by atoms with Crippen molar-refractivity contribution >= 4 is 17.1 Å². The average Bonchev–Trinajstić information content (AvgIpc) is 3.38. The Balaban J connectivity index is 1.38. The number of nitrogens with one attached hydrogen (secondary N) is 1. The highest BCUT2D eigenvalue weighted by Crippen LogP contribution is 2.35. The number of benzene rings is 1. The first-order chi connectivity index (χ1) is 14.6. The number of H-pyrrole nitrogens is 1. The molecule has 3 heterocycles. The summed E-state index contributed by atoms with van der Waals surface area (Å²) in [5.41, 5.74) is 4.87. The van der Waals surface area contributed by atoms with Crippen LogP contribution in [0.25, 0.3) is 11.0 Å². The number of aromatic amines is 1. The van der Waals surface area contributed by atoms with Crippen molar-refractivity contribution in [3.05, 3.63) is 63.1 Å². The number of ether oxygens (including phenoxy) is 1. The van der Waals surface area contributed by atoms with E-state index in [9.17, 15) is 9.59 Å². The lowest BCUT2D eigenvalue weighted by atomic mass is 9.88. The third kappa shape index (κ3) is 3.28. The molecule has 1 aromatic carbocycles. The number of nitrogens with zero attached hydrogens (tertiary/aromatic N) is 3. The second kappa shape index (κ2) is 7.63. The van der Waals surface area contributed by atoms with E-state index in [-0.39, 0.29) is 24.2 Å². The number of amides is 1. The standard InChI is InChI=1S/C23H26N4O3/c1-26-21-19(17-9-5-6-10-18(17)22(28)24-21)20(25-26)16-11-12-27(13-16)23(29)30-14-15-7-3-2-4-8-15/h2-4,7-8,16H,5-6,9-14H2,1H3,(H,24,28). The lowest BCUT2D eigenvalue weighted by molar-refractivity contribution is 0.104. The number of aromatic nitrogens is 3. The topological polar surface area (TPSA) is 80.2 Å². The summed E-state index contributed by atoms with van der Waals surface area (Å²) in [5, 5.41) is 5.87. The Bertz CT molecular complexity index is 1150. The molecule has 0 spiro atoms. The number of carbonyl (C=O) groups excluding carboxylic acids is 1. The van der Waals surface area contributed by atoms with Crippen LogP contribution in [0.5, 0.6) is 0 Å². The summed E-state index contributed by atoms with van der Waals surface area (Å²) in [6.07, 6.45) is 4.48. The van der Waals surface area contributed by atoms with Crippen LogP contribution in [-0.2, 0) is 31.2 Å². The zero-order valence-electron chi connectivity index (χ0n) is 17.2. The van der Waals surface area contributed by atoms with E-state index >= 15 is 0 Å². The first-order valence-corrected chi connectivity index (χ1v) is 10.7. The summed E-state index contributed by atoms with van der Waals surface area (Å²) in [6, 6.07) is 9.71. The van der Waals surface area contributed by atoms with Gasteiger partial charge in [0.2, 0.25) is 0 Å². The Labute approximate surface area is 174 Å². The van der Waals surface area contributed by atoms with Gasteiger partial charge in [-0.15, -0.1) is 0 Å². The van der Waals surface area contributed by atoms with Crippen molar-refractivity contribution in [2.24, 2.45) is 7.05 Å². The van der Waals surface area contributed by atoms with Gasteiger partial charge in [-0.2, -0.15) is 5.10 Å². The Morgan fingerprint density at radius 1 is 1.20 bits per heavy atom. The minimum Gasteiger partial charge on any atom is -0.445 e. The lowest BCUT2D eigenvalue weighted by Crippen LogP contribution is -2.29. The summed E-state index contributed by atoms with van der Waals surface area (Å²) in [7, 11) is 1.87. The molecule has 0 saturated carbocycles. The predicted octanol–water partition coefficient (Wildman–Crippen LogP) is 3.27. The van der Waals surface area contributed by atoms with Crippen molar-refractivity contribution in [1.29, 1.82) is 0 Å². The number of carbonyl (C=O) groups is 1. The summed E-state index contributed by atoms with van der Waals surface area (Å²) in [5.74, 6) is 0.148. The van der Waals surface area contributed by atoms with E-state index in [0.717, 1.165) is 65.5 Å². The fraction of sp³-hybridized carbons (Fsp3) is 0.435. The van der Waals surface area contributed by atoms with Gasteiger partial charge in [0.25, 0.3) is 5.56 Å². The van der Waals surface area contributed by atoms with Crippen molar-refractivity contribution in [2.75, 3.05) is 13.1 Å². The molecule has 1 saturated heterocycles. The Kier molecular flexibility index (Phi) is 4.81. The fourth-order valence-electron chi connectivity index (χ4n) is 4.85. The van der Waals surface area contributed by atoms with Gasteiger partial charge in [-0.3, -0.25) is 9.48 Å². The van der Waals surface area contributed by atoms with E-state index in [4.69, 9.17) is 9.84 Å². The fourth-order valence-corrected chi connectivity index (χ4v) is 4.85. The molecule has 1 amide bonds. The number of hydrogen-bond donors (Lipinski definition) is 1. The van der Waals surface area contributed by atoms with Crippen LogP contribution in [0.3, 0.4) is 0 Å². The zero-order chi connectivity index (χ0) is 20.7. The van der Waals surface area contributed by atoms with Gasteiger partial charge in [-0.05, 0) is 43.2 Å². The maximum Gasteiger partial charge on any atom is 0.410 e. The first kappa shape index (κ1) is 18.9. The molecule has 0 radical (unpaired) electrons. The normalized spacial score (nSPS) is 18.6. The lowest BCUT2D eigenvalue weighted by Gasteiger charge is -2.18. The molecule has 3 aromatic rings. The highest BCUT2D eigenvalue weighted by molar-refractivity contribution is 5.84. The molecule has 1 fully saturated rings. The third-order valence-corrected chi connectivity index (χ3v) is 6.39. The van der Waals surface area contributed by atoms with Crippen LogP contribution in [0, 0.1) is 0 Å². The Morgan fingerprint density at radius 2 is 1.97 bits per heavy atom. The van der Waals surface area contributed by atoms with Crippen molar-refractivity contribution in [1.82, 2.24) is 19.7 Å². The molecule has 1 unspecified atom stereocenters. The number of hydrogen-bond acceptors (Lipinski definition) is 4. The van der Waals surface area contributed by atoms with Gasteiger partial charge in [-0.25, -0.2) is 4.79 Å². The van der Waals surface area contributed by atoms with Crippen LogP contribution in [-0.4, -0.2) is 38.8 Å². The van der Waals surface area contributed by atoms with Gasteiger partial charge in [0, 0.05) is 37.0 Å². The van der Waals surface area contributed by atoms with E-state index in [1.54, 1.807) is 9.58 Å². The molecule has 2 aliphatic rings. The molecule has 5 rings (SSSR count). The minimum atomic E-state index is -0.281. The number of fused-ring (bicyclic) bond motifs is 3. The summed E-state index contributed by atoms with van der Waals surface area (Å²) in [4.78, 5) is 29.9. The van der Waals surface area contributed by atoms with E-state index in [0.29, 0.717) is 13.1 Å². The molecular weight excluding hydrogens is 380 g/mol. The maximum absolute atomic E-state index is 12.6. The van der Waals surface area contributed by atoms with Crippen LogP contribution in [0.15, 0.2) is 35.1 Å². The quantitative estimate of drug-likeness (QED) is 0.724. The molecule has 7 heteroatoms. The molecule has 2 aromatic heterocycles. The summed E-state index contributed by atoms with van der Waals surface area (Å²) < 4.78 is 7.28. The smallest absolute Gasteiger partial charge is 0.410 e. The van der Waals surface area contributed by atoms with Gasteiger partial charge in [-0.1, -0.05) is 30.3 Å². The minimum absolute atomic E-state index is 0.0179. The average molecular weight is 406 g/mol. The van der Waals surface area contributed by atoms with E-state index in [1.807, 2.05) is 37.4 Å². The van der Waals surface area contributed by atoms with Gasteiger partial charge in [0.15, 0.2) is 0 Å². The second-order valence-electron chi connectivity index (χ2n) is 8.32. The van der Waals surface area contributed by atoms with E-state index in [2.05, 4.69) is 4.98 Å². The molecule has 1 aliphatic heterocycles. The molecule has 156 valence electrons. The van der Waals surface area contributed by atoms with Crippen LogP contribution < -0.4 is 5.56 Å². The van der Waals surface area contributed by atoms with E-state index < -0.39 is 0 Å². The molecule has 7 nitrogen and oxygen atoms in total. The van der Waals surface area contributed by atoms with Gasteiger partial charge in [0.05, 0.1) is 5.69 Å². The highest BCUT2D eigenvalue weighted by atomic mass is 16.6. The molecule has 30 heavy (non-hydrogen) atoms. The molecular formula is C23H26N4O3. The monoisotopic (exact) mass is 406 g/mol. The summed E-state index contributed by atoms with van der Waals surface area (Å²) in [6.45, 7) is 1.53. The third-order valence-electron chi connectivity index (χ3n) is 6.39. The molecule has 0 bridgehead atoms. The van der Waals surface area contributed by atoms with E-state index in [1.165, 1.54) is 0 Å². The van der Waals surface area contributed by atoms with Crippen LogP contribution in [0.1, 0.15) is 47.6 Å². The van der Waals surface area contributed by atoms with Crippen molar-refractivity contribution in [2.45, 2.75) is 44.6 Å². The molecule has 1 aliphatic carbocycles.